The number of amides is 3. The van der Waals surface area contributed by atoms with Gasteiger partial charge in [-0.1, -0.05) is 19.1 Å². The molecular weight excluding hydrogens is 764 g/mol. The number of ether oxygens (including phenoxy) is 1. The number of halogens is 4. The van der Waals surface area contributed by atoms with Crippen LogP contribution in [-0.4, -0.2) is 30.2 Å². The molecule has 1 saturated heterocycles. The zero-order chi connectivity index (χ0) is 28.2. The van der Waals surface area contributed by atoms with Crippen molar-refractivity contribution in [2.24, 2.45) is 5.92 Å². The molecule has 1 fully saturated rings. The molecule has 5 rings (SSSR count). The summed E-state index contributed by atoms with van der Waals surface area (Å²) in [4.78, 5) is 55.0. The van der Waals surface area contributed by atoms with E-state index in [1.54, 1.807) is 24.0 Å². The van der Waals surface area contributed by atoms with E-state index in [1.807, 2.05) is 24.3 Å². The van der Waals surface area contributed by atoms with Crippen LogP contribution in [-0.2, 0) is 16.0 Å². The second-order valence-corrected chi connectivity index (χ2v) is 12.4. The number of hydrogen-bond donors (Lipinski definition) is 0. The van der Waals surface area contributed by atoms with Crippen LogP contribution in [0.3, 0.4) is 0 Å². The van der Waals surface area contributed by atoms with E-state index >= 15 is 0 Å². The van der Waals surface area contributed by atoms with Crippen molar-refractivity contribution in [3.8, 4) is 5.75 Å². The topological polar surface area (TPSA) is 84.0 Å². The van der Waals surface area contributed by atoms with Crippen LogP contribution >= 0.6 is 63.7 Å². The number of fused-ring (bicyclic) bond motifs is 1. The largest absolute Gasteiger partial charge is 0.426 e. The minimum absolute atomic E-state index is 0.0648. The highest BCUT2D eigenvalue weighted by molar-refractivity contribution is 9.15. The molecule has 200 valence electrons. The Kier molecular flexibility index (Phi) is 7.89. The van der Waals surface area contributed by atoms with Crippen LogP contribution in [0, 0.1) is 12.8 Å². The second kappa shape index (κ2) is 10.9. The molecule has 0 unspecified atom stereocenters. The van der Waals surface area contributed by atoms with Crippen molar-refractivity contribution in [1.29, 1.82) is 0 Å². The van der Waals surface area contributed by atoms with Gasteiger partial charge < -0.3 is 9.64 Å². The fraction of sp³-hybridized carbons (Fsp3) is 0.214. The van der Waals surface area contributed by atoms with Crippen molar-refractivity contribution in [1.82, 2.24) is 0 Å². The van der Waals surface area contributed by atoms with E-state index in [4.69, 9.17) is 4.74 Å². The third-order valence-electron chi connectivity index (χ3n) is 6.84. The molecule has 2 aliphatic rings. The highest BCUT2D eigenvalue weighted by Crippen LogP contribution is 2.46. The molecule has 0 saturated carbocycles. The van der Waals surface area contributed by atoms with Crippen LogP contribution in [0.2, 0.25) is 0 Å². The quantitative estimate of drug-likeness (QED) is 0.0888. The van der Waals surface area contributed by atoms with E-state index in [1.165, 1.54) is 11.6 Å². The molecular formula is C28H20Br4N2O5. The second-order valence-electron chi connectivity index (χ2n) is 9.25. The summed E-state index contributed by atoms with van der Waals surface area (Å²) < 4.78 is 7.78. The number of aryl methyl sites for hydroxylation is 2. The van der Waals surface area contributed by atoms with Gasteiger partial charge in [-0.15, -0.1) is 0 Å². The number of imide groups is 1. The number of carbonyl (C=O) groups is 4. The van der Waals surface area contributed by atoms with E-state index in [2.05, 4.69) is 70.6 Å². The van der Waals surface area contributed by atoms with E-state index in [9.17, 15) is 19.2 Å². The summed E-state index contributed by atoms with van der Waals surface area (Å²) in [6.07, 6.45) is 0.967. The van der Waals surface area contributed by atoms with Crippen LogP contribution in [0.15, 0.2) is 60.4 Å². The minimum atomic E-state index is -0.605. The predicted octanol–water partition coefficient (Wildman–Crippen LogP) is 7.37. The highest BCUT2D eigenvalue weighted by Gasteiger charge is 2.42. The minimum Gasteiger partial charge on any atom is -0.426 e. The number of carbonyl (C=O) groups excluding carboxylic acids is 4. The first kappa shape index (κ1) is 28.2. The predicted molar refractivity (Wildman–Crippen MR) is 161 cm³/mol. The third-order valence-corrected chi connectivity index (χ3v) is 11.6. The number of rotatable bonds is 5. The van der Waals surface area contributed by atoms with Crippen molar-refractivity contribution >= 4 is 98.8 Å². The molecule has 11 heteroatoms. The Labute approximate surface area is 258 Å². The Morgan fingerprint density at radius 2 is 1.49 bits per heavy atom. The summed E-state index contributed by atoms with van der Waals surface area (Å²) in [7, 11) is 0. The molecule has 1 atom stereocenters. The van der Waals surface area contributed by atoms with E-state index in [0.717, 1.165) is 17.0 Å². The molecule has 0 aromatic heterocycles. The molecule has 0 aliphatic carbocycles. The molecule has 3 aromatic rings. The lowest BCUT2D eigenvalue weighted by atomic mass is 10.1. The molecule has 7 nitrogen and oxygen atoms in total. The van der Waals surface area contributed by atoms with Gasteiger partial charge in [0.1, 0.15) is 5.75 Å². The van der Waals surface area contributed by atoms with Crippen LogP contribution in [0.25, 0.3) is 0 Å². The molecule has 2 heterocycles. The first-order valence-corrected chi connectivity index (χ1v) is 15.2. The van der Waals surface area contributed by atoms with Gasteiger partial charge in [0, 0.05) is 36.5 Å². The van der Waals surface area contributed by atoms with Crippen LogP contribution in [0.5, 0.6) is 5.75 Å². The molecule has 3 aromatic carbocycles. The van der Waals surface area contributed by atoms with Crippen molar-refractivity contribution in [2.75, 3.05) is 16.3 Å². The maximum Gasteiger partial charge on any atom is 0.316 e. The Hall–Kier alpha value is -2.34. The van der Waals surface area contributed by atoms with Gasteiger partial charge in [0.15, 0.2) is 0 Å². The van der Waals surface area contributed by atoms with Gasteiger partial charge in [-0.25, -0.2) is 4.90 Å². The normalized spacial score (nSPS) is 16.8. The lowest BCUT2D eigenvalue weighted by molar-refractivity contribution is -0.139. The molecule has 0 radical (unpaired) electrons. The number of hydrogen-bond acceptors (Lipinski definition) is 5. The monoisotopic (exact) mass is 780 g/mol. The maximum absolute atomic E-state index is 13.3. The van der Waals surface area contributed by atoms with Gasteiger partial charge in [-0.05, 0) is 119 Å². The first-order chi connectivity index (χ1) is 18.5. The van der Waals surface area contributed by atoms with Gasteiger partial charge in [-0.2, -0.15) is 0 Å². The van der Waals surface area contributed by atoms with Crippen LogP contribution < -0.4 is 14.5 Å². The molecule has 3 amide bonds. The Morgan fingerprint density at radius 1 is 0.897 bits per heavy atom. The summed E-state index contributed by atoms with van der Waals surface area (Å²) in [6.45, 7) is 4.03. The molecule has 0 N–H and O–H groups in total. The van der Waals surface area contributed by atoms with Crippen LogP contribution in [0.1, 0.15) is 45.2 Å². The molecule has 2 aliphatic heterocycles. The summed E-state index contributed by atoms with van der Waals surface area (Å²) in [6, 6.07) is 12.4. The fourth-order valence-corrected chi connectivity index (χ4v) is 7.19. The van der Waals surface area contributed by atoms with Gasteiger partial charge in [0.25, 0.3) is 11.8 Å². The number of nitrogens with zero attached hydrogens (tertiary/aromatic N) is 2. The third kappa shape index (κ3) is 4.92. The summed E-state index contributed by atoms with van der Waals surface area (Å²) in [5.41, 5.74) is 3.37. The number of esters is 1. The Balaban J connectivity index is 1.33. The number of benzene rings is 3. The SMILES string of the molecule is CCc1ccc(N2C[C@H](C(=O)Oc3ccc(N4C(=O)c5c(Br)c(Br)c(Br)c(Br)c5C4=O)c(C)c3)CC2=O)cc1. The van der Waals surface area contributed by atoms with Gasteiger partial charge in [0.2, 0.25) is 5.91 Å². The van der Waals surface area contributed by atoms with Crippen molar-refractivity contribution in [2.45, 2.75) is 26.7 Å². The average Bonchev–Trinajstić information content (AvgIpc) is 3.43. The van der Waals surface area contributed by atoms with Gasteiger partial charge >= 0.3 is 5.97 Å². The fourth-order valence-electron chi connectivity index (χ4n) is 4.74. The Bertz CT molecular complexity index is 1520. The molecule has 39 heavy (non-hydrogen) atoms. The lowest BCUT2D eigenvalue weighted by Gasteiger charge is -2.18. The van der Waals surface area contributed by atoms with Gasteiger partial charge in [-0.3, -0.25) is 19.2 Å². The lowest BCUT2D eigenvalue weighted by Crippen LogP contribution is -2.30. The molecule has 0 spiro atoms. The highest BCUT2D eigenvalue weighted by atomic mass is 79.9. The average molecular weight is 784 g/mol. The van der Waals surface area contributed by atoms with Crippen molar-refractivity contribution < 1.29 is 23.9 Å². The van der Waals surface area contributed by atoms with Crippen molar-refractivity contribution in [3.63, 3.8) is 0 Å². The van der Waals surface area contributed by atoms with E-state index in [-0.39, 0.29) is 35.7 Å². The molecule has 0 bridgehead atoms. The van der Waals surface area contributed by atoms with Crippen molar-refractivity contribution in [3.05, 3.63) is 82.6 Å². The van der Waals surface area contributed by atoms with Gasteiger partial charge in [0.05, 0.1) is 22.7 Å². The standard InChI is InChI=1S/C28H20Br4N2O5/c1-3-14-4-6-16(7-5-14)33-12-15(11-19(33)35)28(38)39-17-8-9-18(13(2)10-17)34-26(36)20-21(27(34)37)23(30)25(32)24(31)22(20)29/h4-10,15H,3,11-12H2,1-2H3/t15-/m1/s1. The summed E-state index contributed by atoms with van der Waals surface area (Å²) in [5.74, 6) is -1.92. The number of anilines is 2. The van der Waals surface area contributed by atoms with E-state index in [0.29, 0.717) is 29.1 Å². The van der Waals surface area contributed by atoms with Crippen LogP contribution in [0.4, 0.5) is 11.4 Å². The maximum atomic E-state index is 13.3. The smallest absolute Gasteiger partial charge is 0.316 e. The summed E-state index contributed by atoms with van der Waals surface area (Å²) >= 11 is 13.7. The Morgan fingerprint density at radius 3 is 2.03 bits per heavy atom. The zero-order valence-corrected chi connectivity index (χ0v) is 27.0. The zero-order valence-electron chi connectivity index (χ0n) is 20.7. The first-order valence-electron chi connectivity index (χ1n) is 12.0. The summed E-state index contributed by atoms with van der Waals surface area (Å²) in [5, 5.41) is 0. The van der Waals surface area contributed by atoms with E-state index < -0.39 is 23.7 Å².